The second-order valence-corrected chi connectivity index (χ2v) is 6.47. The fourth-order valence-corrected chi connectivity index (χ4v) is 3.73. The molecule has 5 nitrogen and oxygen atoms in total. The van der Waals surface area contributed by atoms with Gasteiger partial charge in [0.2, 0.25) is 0 Å². The van der Waals surface area contributed by atoms with Crippen LogP contribution in [0, 0.1) is 12.8 Å². The number of hydrogen-bond acceptors (Lipinski definition) is 4. The van der Waals surface area contributed by atoms with Gasteiger partial charge in [0.05, 0.1) is 32.0 Å². The van der Waals surface area contributed by atoms with Crippen LogP contribution < -0.4 is 0 Å². The zero-order valence-corrected chi connectivity index (χ0v) is 13.8. The Morgan fingerprint density at radius 3 is 3.17 bits per heavy atom. The highest BCUT2D eigenvalue weighted by Crippen LogP contribution is 2.41. The number of hydrogen-bond donors (Lipinski definition) is 0. The van der Waals surface area contributed by atoms with Gasteiger partial charge < -0.3 is 18.8 Å². The second kappa shape index (κ2) is 6.89. The minimum atomic E-state index is -0.267. The molecule has 3 rings (SSSR count). The Morgan fingerprint density at radius 1 is 1.57 bits per heavy atom. The summed E-state index contributed by atoms with van der Waals surface area (Å²) in [5.74, 6) is 1.46. The summed E-state index contributed by atoms with van der Waals surface area (Å²) in [6.07, 6.45) is 4.94. The lowest BCUT2D eigenvalue weighted by atomic mass is 9.89. The zero-order valence-electron chi connectivity index (χ0n) is 13.8. The van der Waals surface area contributed by atoms with Crippen molar-refractivity contribution in [3.8, 4) is 0 Å². The molecule has 1 saturated carbocycles. The number of carbonyl (C=O) groups is 1. The van der Waals surface area contributed by atoms with Crippen molar-refractivity contribution in [1.82, 2.24) is 4.90 Å². The van der Waals surface area contributed by atoms with Crippen molar-refractivity contribution in [3.05, 3.63) is 36.3 Å². The van der Waals surface area contributed by atoms with E-state index in [1.165, 1.54) is 0 Å². The van der Waals surface area contributed by atoms with Gasteiger partial charge in [-0.3, -0.25) is 4.79 Å². The van der Waals surface area contributed by atoms with E-state index in [-0.39, 0.29) is 11.5 Å². The van der Waals surface area contributed by atoms with Crippen LogP contribution in [-0.2, 0) is 9.47 Å². The highest BCUT2D eigenvalue weighted by molar-refractivity contribution is 5.91. The van der Waals surface area contributed by atoms with Crippen LogP contribution in [0.15, 0.2) is 29.2 Å². The van der Waals surface area contributed by atoms with Crippen molar-refractivity contribution in [2.24, 2.45) is 5.92 Å². The van der Waals surface area contributed by atoms with E-state index >= 15 is 0 Å². The lowest BCUT2D eigenvalue weighted by Gasteiger charge is -2.43. The quantitative estimate of drug-likeness (QED) is 0.618. The summed E-state index contributed by atoms with van der Waals surface area (Å²) in [5, 5.41) is 0. The van der Waals surface area contributed by atoms with Gasteiger partial charge in [-0.2, -0.15) is 0 Å². The van der Waals surface area contributed by atoms with Crippen molar-refractivity contribution in [2.45, 2.75) is 31.8 Å². The predicted octanol–water partition coefficient (Wildman–Crippen LogP) is 2.80. The molecule has 2 atom stereocenters. The Labute approximate surface area is 137 Å². The molecule has 1 aliphatic heterocycles. The Morgan fingerprint density at radius 2 is 2.43 bits per heavy atom. The Kier molecular flexibility index (Phi) is 4.87. The molecule has 2 aliphatic rings. The maximum Gasteiger partial charge on any atom is 0.289 e. The lowest BCUT2D eigenvalue weighted by Crippen LogP contribution is -2.56. The van der Waals surface area contributed by atoms with E-state index in [4.69, 9.17) is 13.9 Å². The minimum absolute atomic E-state index is 0.0431. The molecule has 0 radical (unpaired) electrons. The fraction of sp³-hybridized carbons (Fsp3) is 0.611. The highest BCUT2D eigenvalue weighted by Gasteiger charge is 2.48. The molecular weight excluding hydrogens is 294 g/mol. The molecule has 0 bridgehead atoms. The molecule has 1 aromatic rings. The second-order valence-electron chi connectivity index (χ2n) is 6.47. The van der Waals surface area contributed by atoms with E-state index in [0.717, 1.165) is 25.0 Å². The topological polar surface area (TPSA) is 51.9 Å². The predicted molar refractivity (Wildman–Crippen MR) is 86.4 cm³/mol. The fourth-order valence-electron chi connectivity index (χ4n) is 3.73. The van der Waals surface area contributed by atoms with Crippen molar-refractivity contribution in [3.63, 3.8) is 0 Å². The number of rotatable bonds is 5. The first kappa shape index (κ1) is 16.3. The van der Waals surface area contributed by atoms with Crippen LogP contribution in [0.25, 0.3) is 0 Å². The summed E-state index contributed by atoms with van der Waals surface area (Å²) < 4.78 is 17.3. The Hall–Kier alpha value is -1.59. The molecule has 0 unspecified atom stereocenters. The van der Waals surface area contributed by atoms with Crippen LogP contribution in [0.2, 0.25) is 0 Å². The smallest absolute Gasteiger partial charge is 0.289 e. The average molecular weight is 319 g/mol. The standard InChI is InChI=1S/C18H25NO4/c1-3-10-21-12-15-5-4-8-18(15)13-19(9-11-22-18)17(20)16-7-6-14(2)23-16/h3,6-7,15H,1,4-5,8-13H2,2H3/t15-,18-/m1/s1. The number of amides is 1. The van der Waals surface area contributed by atoms with Gasteiger partial charge in [0.15, 0.2) is 5.76 Å². The summed E-state index contributed by atoms with van der Waals surface area (Å²) in [7, 11) is 0. The van der Waals surface area contributed by atoms with Gasteiger partial charge in [-0.1, -0.05) is 12.5 Å². The number of ether oxygens (including phenoxy) is 2. The molecule has 0 aromatic carbocycles. The molecule has 1 saturated heterocycles. The maximum atomic E-state index is 12.7. The summed E-state index contributed by atoms with van der Waals surface area (Å²) in [6, 6.07) is 3.57. The summed E-state index contributed by atoms with van der Waals surface area (Å²) in [6.45, 7) is 8.55. The van der Waals surface area contributed by atoms with Crippen LogP contribution in [0.5, 0.6) is 0 Å². The van der Waals surface area contributed by atoms with Crippen molar-refractivity contribution in [1.29, 1.82) is 0 Å². The van der Waals surface area contributed by atoms with Crippen LogP contribution >= 0.6 is 0 Å². The van der Waals surface area contributed by atoms with Crippen LogP contribution in [0.4, 0.5) is 0 Å². The van der Waals surface area contributed by atoms with Gasteiger partial charge in [0, 0.05) is 12.5 Å². The number of aryl methyl sites for hydroxylation is 1. The minimum Gasteiger partial charge on any atom is -0.456 e. The molecule has 1 aliphatic carbocycles. The van der Waals surface area contributed by atoms with Crippen molar-refractivity contribution < 1.29 is 18.7 Å². The van der Waals surface area contributed by atoms with Gasteiger partial charge in [0.1, 0.15) is 5.76 Å². The molecule has 1 aromatic heterocycles. The molecule has 5 heteroatoms. The van der Waals surface area contributed by atoms with E-state index in [2.05, 4.69) is 6.58 Å². The number of nitrogens with zero attached hydrogens (tertiary/aromatic N) is 1. The monoisotopic (exact) mass is 319 g/mol. The van der Waals surface area contributed by atoms with Crippen molar-refractivity contribution in [2.75, 3.05) is 32.9 Å². The van der Waals surface area contributed by atoms with Gasteiger partial charge in [0.25, 0.3) is 5.91 Å². The van der Waals surface area contributed by atoms with E-state index in [1.807, 2.05) is 17.9 Å². The molecular formula is C18H25NO4. The third kappa shape index (κ3) is 3.35. The summed E-state index contributed by atoms with van der Waals surface area (Å²) in [5.41, 5.74) is -0.267. The van der Waals surface area contributed by atoms with Gasteiger partial charge in [-0.15, -0.1) is 6.58 Å². The number of morpholine rings is 1. The maximum absolute atomic E-state index is 12.7. The number of carbonyl (C=O) groups excluding carboxylic acids is 1. The van der Waals surface area contributed by atoms with E-state index in [0.29, 0.717) is 44.6 Å². The molecule has 0 N–H and O–H groups in total. The van der Waals surface area contributed by atoms with Gasteiger partial charge in [-0.05, 0) is 31.9 Å². The third-order valence-corrected chi connectivity index (χ3v) is 4.90. The van der Waals surface area contributed by atoms with Crippen molar-refractivity contribution >= 4 is 5.91 Å². The van der Waals surface area contributed by atoms with E-state index in [9.17, 15) is 4.79 Å². The molecule has 1 spiro atoms. The molecule has 2 heterocycles. The van der Waals surface area contributed by atoms with Gasteiger partial charge in [-0.25, -0.2) is 0 Å². The molecule has 1 amide bonds. The van der Waals surface area contributed by atoms with Crippen LogP contribution in [-0.4, -0.2) is 49.3 Å². The van der Waals surface area contributed by atoms with E-state index < -0.39 is 0 Å². The van der Waals surface area contributed by atoms with E-state index in [1.54, 1.807) is 12.1 Å². The SMILES string of the molecule is C=CCOC[C@H]1CCC[C@@]12CN(C(=O)c1ccc(C)o1)CCO2. The third-order valence-electron chi connectivity index (χ3n) is 4.90. The normalized spacial score (nSPS) is 27.5. The first-order chi connectivity index (χ1) is 11.1. The first-order valence-electron chi connectivity index (χ1n) is 8.33. The Bertz CT molecular complexity index is 567. The summed E-state index contributed by atoms with van der Waals surface area (Å²) in [4.78, 5) is 14.5. The van der Waals surface area contributed by atoms with Gasteiger partial charge >= 0.3 is 0 Å². The van der Waals surface area contributed by atoms with Crippen LogP contribution in [0.3, 0.4) is 0 Å². The largest absolute Gasteiger partial charge is 0.456 e. The number of furan rings is 1. The zero-order chi connectivity index (χ0) is 16.3. The Balaban J connectivity index is 1.69. The highest BCUT2D eigenvalue weighted by atomic mass is 16.5. The lowest BCUT2D eigenvalue weighted by molar-refractivity contribution is -0.132. The van der Waals surface area contributed by atoms with Crippen LogP contribution in [0.1, 0.15) is 35.6 Å². The summed E-state index contributed by atoms with van der Waals surface area (Å²) >= 11 is 0. The molecule has 2 fully saturated rings. The molecule has 126 valence electrons. The molecule has 23 heavy (non-hydrogen) atoms. The average Bonchev–Trinajstić information content (AvgIpc) is 3.14. The first-order valence-corrected chi connectivity index (χ1v) is 8.33.